The SMILES string of the molecule is COc1ccc(-c2cc(C(=O)N/N=C\C(C)=C\c3ccccc3)[nH]n2)c(OC)c1. The molecule has 1 aromatic heterocycles. The molecule has 3 rings (SSSR count). The molecule has 2 aromatic carbocycles. The van der Waals surface area contributed by atoms with Crippen molar-refractivity contribution in [3.8, 4) is 22.8 Å². The van der Waals surface area contributed by atoms with Gasteiger partial charge in [0, 0.05) is 11.6 Å². The van der Waals surface area contributed by atoms with Gasteiger partial charge in [-0.1, -0.05) is 36.4 Å². The summed E-state index contributed by atoms with van der Waals surface area (Å²) in [7, 11) is 3.15. The van der Waals surface area contributed by atoms with Crippen LogP contribution in [0, 0.1) is 0 Å². The number of nitrogens with zero attached hydrogens (tertiary/aromatic N) is 2. The Morgan fingerprint density at radius 2 is 1.90 bits per heavy atom. The molecule has 0 atom stereocenters. The maximum Gasteiger partial charge on any atom is 0.289 e. The number of H-pyrrole nitrogens is 1. The fourth-order valence-electron chi connectivity index (χ4n) is 2.69. The molecule has 7 heteroatoms. The molecule has 3 aromatic rings. The highest BCUT2D eigenvalue weighted by Gasteiger charge is 2.14. The van der Waals surface area contributed by atoms with Crippen LogP contribution in [0.2, 0.25) is 0 Å². The zero-order valence-electron chi connectivity index (χ0n) is 16.5. The molecule has 0 radical (unpaired) electrons. The van der Waals surface area contributed by atoms with Crippen LogP contribution >= 0.6 is 0 Å². The molecule has 148 valence electrons. The monoisotopic (exact) mass is 390 g/mol. The number of carbonyl (C=O) groups excluding carboxylic acids is 1. The van der Waals surface area contributed by atoms with Gasteiger partial charge in [-0.05, 0) is 36.3 Å². The van der Waals surface area contributed by atoms with Crippen molar-refractivity contribution in [1.82, 2.24) is 15.6 Å². The smallest absolute Gasteiger partial charge is 0.289 e. The van der Waals surface area contributed by atoms with Gasteiger partial charge < -0.3 is 9.47 Å². The molecule has 0 aliphatic rings. The van der Waals surface area contributed by atoms with Crippen LogP contribution in [0.3, 0.4) is 0 Å². The highest BCUT2D eigenvalue weighted by Crippen LogP contribution is 2.32. The number of benzene rings is 2. The van der Waals surface area contributed by atoms with E-state index in [-0.39, 0.29) is 5.91 Å². The Bertz CT molecular complexity index is 1040. The van der Waals surface area contributed by atoms with Crippen LogP contribution in [0.25, 0.3) is 17.3 Å². The van der Waals surface area contributed by atoms with Crippen molar-refractivity contribution in [2.45, 2.75) is 6.92 Å². The molecule has 0 aliphatic carbocycles. The maximum absolute atomic E-state index is 12.3. The molecule has 0 unspecified atom stereocenters. The van der Waals surface area contributed by atoms with Crippen LogP contribution in [0.1, 0.15) is 23.0 Å². The number of nitrogens with one attached hydrogen (secondary N) is 2. The average Bonchev–Trinajstić information content (AvgIpc) is 3.24. The number of allylic oxidation sites excluding steroid dienone is 1. The van der Waals surface area contributed by atoms with Gasteiger partial charge in [-0.3, -0.25) is 9.89 Å². The van der Waals surface area contributed by atoms with Crippen molar-refractivity contribution >= 4 is 18.2 Å². The number of ether oxygens (including phenoxy) is 2. The number of hydrogen-bond donors (Lipinski definition) is 2. The lowest BCUT2D eigenvalue weighted by Gasteiger charge is -2.08. The Balaban J connectivity index is 1.68. The number of rotatable bonds is 7. The third kappa shape index (κ3) is 5.10. The van der Waals surface area contributed by atoms with Gasteiger partial charge in [0.05, 0.1) is 26.1 Å². The number of amides is 1. The number of hydrazone groups is 1. The highest BCUT2D eigenvalue weighted by molar-refractivity contribution is 5.94. The molecule has 29 heavy (non-hydrogen) atoms. The van der Waals surface area contributed by atoms with E-state index in [2.05, 4.69) is 20.7 Å². The van der Waals surface area contributed by atoms with Gasteiger partial charge in [-0.2, -0.15) is 10.2 Å². The predicted molar refractivity (Wildman–Crippen MR) is 113 cm³/mol. The lowest BCUT2D eigenvalue weighted by molar-refractivity contribution is 0.0950. The van der Waals surface area contributed by atoms with E-state index in [1.807, 2.05) is 49.4 Å². The Kier molecular flexibility index (Phi) is 6.42. The summed E-state index contributed by atoms with van der Waals surface area (Å²) in [5.41, 5.74) is 6.08. The van der Waals surface area contributed by atoms with E-state index in [4.69, 9.17) is 9.47 Å². The largest absolute Gasteiger partial charge is 0.497 e. The normalized spacial score (nSPS) is 11.5. The Hall–Kier alpha value is -3.87. The minimum Gasteiger partial charge on any atom is -0.497 e. The van der Waals surface area contributed by atoms with Crippen molar-refractivity contribution in [3.63, 3.8) is 0 Å². The molecular weight excluding hydrogens is 368 g/mol. The van der Waals surface area contributed by atoms with Gasteiger partial charge in [0.25, 0.3) is 5.91 Å². The number of aromatic amines is 1. The van der Waals surface area contributed by atoms with Crippen molar-refractivity contribution in [1.29, 1.82) is 0 Å². The molecule has 0 spiro atoms. The predicted octanol–water partition coefficient (Wildman–Crippen LogP) is 3.91. The third-order valence-electron chi connectivity index (χ3n) is 4.14. The molecule has 0 aliphatic heterocycles. The fourth-order valence-corrected chi connectivity index (χ4v) is 2.69. The molecule has 0 fully saturated rings. The summed E-state index contributed by atoms with van der Waals surface area (Å²) in [4.78, 5) is 12.3. The third-order valence-corrected chi connectivity index (χ3v) is 4.14. The summed E-state index contributed by atoms with van der Waals surface area (Å²) in [5, 5.41) is 10.9. The van der Waals surface area contributed by atoms with E-state index in [1.165, 1.54) is 0 Å². The van der Waals surface area contributed by atoms with Gasteiger partial charge >= 0.3 is 0 Å². The van der Waals surface area contributed by atoms with Crippen molar-refractivity contribution in [2.75, 3.05) is 14.2 Å². The van der Waals surface area contributed by atoms with Gasteiger partial charge in [0.1, 0.15) is 17.2 Å². The highest BCUT2D eigenvalue weighted by atomic mass is 16.5. The Labute approximate surface area is 169 Å². The second-order valence-corrected chi connectivity index (χ2v) is 6.23. The van der Waals surface area contributed by atoms with E-state index in [0.717, 1.165) is 16.7 Å². The molecule has 1 amide bonds. The topological polar surface area (TPSA) is 88.6 Å². The first-order chi connectivity index (χ1) is 14.1. The summed E-state index contributed by atoms with van der Waals surface area (Å²) < 4.78 is 10.6. The summed E-state index contributed by atoms with van der Waals surface area (Å²) >= 11 is 0. The first-order valence-electron chi connectivity index (χ1n) is 8.95. The number of aromatic nitrogens is 2. The molecule has 7 nitrogen and oxygen atoms in total. The quantitative estimate of drug-likeness (QED) is 0.473. The van der Waals surface area contributed by atoms with E-state index < -0.39 is 0 Å². The molecule has 1 heterocycles. The second kappa shape index (κ2) is 9.36. The first-order valence-corrected chi connectivity index (χ1v) is 8.95. The average molecular weight is 390 g/mol. The van der Waals surface area contributed by atoms with E-state index in [9.17, 15) is 4.79 Å². The second-order valence-electron chi connectivity index (χ2n) is 6.23. The number of carbonyl (C=O) groups is 1. The Morgan fingerprint density at radius 3 is 2.62 bits per heavy atom. The van der Waals surface area contributed by atoms with Crippen LogP contribution in [-0.2, 0) is 0 Å². The standard InChI is InChI=1S/C22H22N4O3/c1-15(11-16-7-5-4-6-8-16)14-23-26-22(27)20-13-19(24-25-20)18-10-9-17(28-2)12-21(18)29-3/h4-14H,1-3H3,(H,24,25)(H,26,27)/b15-11+,23-14-. The summed E-state index contributed by atoms with van der Waals surface area (Å²) in [6.45, 7) is 1.91. The van der Waals surface area contributed by atoms with Crippen LogP contribution in [0.15, 0.2) is 65.3 Å². The molecule has 0 saturated carbocycles. The lowest BCUT2D eigenvalue weighted by atomic mass is 10.1. The maximum atomic E-state index is 12.3. The zero-order chi connectivity index (χ0) is 20.6. The van der Waals surface area contributed by atoms with Gasteiger partial charge in [-0.25, -0.2) is 5.43 Å². The number of methoxy groups -OCH3 is 2. The molecule has 0 saturated heterocycles. The van der Waals surface area contributed by atoms with Crippen LogP contribution in [-0.4, -0.2) is 36.5 Å². The van der Waals surface area contributed by atoms with Crippen LogP contribution in [0.4, 0.5) is 0 Å². The van der Waals surface area contributed by atoms with Crippen molar-refractivity contribution in [2.24, 2.45) is 5.10 Å². The summed E-state index contributed by atoms with van der Waals surface area (Å²) in [6, 6.07) is 16.9. The van der Waals surface area contributed by atoms with Crippen LogP contribution in [0.5, 0.6) is 11.5 Å². The molecular formula is C22H22N4O3. The summed E-state index contributed by atoms with van der Waals surface area (Å²) in [6.07, 6.45) is 3.56. The fraction of sp³-hybridized carbons (Fsp3) is 0.136. The van der Waals surface area contributed by atoms with Gasteiger partial charge in [0.2, 0.25) is 0 Å². The summed E-state index contributed by atoms with van der Waals surface area (Å²) in [5.74, 6) is 0.884. The minimum atomic E-state index is -0.389. The number of hydrogen-bond acceptors (Lipinski definition) is 5. The van der Waals surface area contributed by atoms with Crippen molar-refractivity contribution in [3.05, 3.63) is 71.4 Å². The molecule has 0 bridgehead atoms. The minimum absolute atomic E-state index is 0.291. The van der Waals surface area contributed by atoms with E-state index in [1.54, 1.807) is 38.6 Å². The lowest BCUT2D eigenvalue weighted by Crippen LogP contribution is -2.17. The van der Waals surface area contributed by atoms with E-state index in [0.29, 0.717) is 22.9 Å². The van der Waals surface area contributed by atoms with Crippen LogP contribution < -0.4 is 14.9 Å². The van der Waals surface area contributed by atoms with E-state index >= 15 is 0 Å². The zero-order valence-corrected chi connectivity index (χ0v) is 16.5. The van der Waals surface area contributed by atoms with Crippen molar-refractivity contribution < 1.29 is 14.3 Å². The first kappa shape index (κ1) is 19.9. The Morgan fingerprint density at radius 1 is 1.10 bits per heavy atom. The molecule has 2 N–H and O–H groups in total. The van der Waals surface area contributed by atoms with Gasteiger partial charge in [-0.15, -0.1) is 0 Å². The van der Waals surface area contributed by atoms with Gasteiger partial charge in [0.15, 0.2) is 0 Å².